The first kappa shape index (κ1) is 13.1. The number of nitrogens with zero attached hydrogens (tertiary/aromatic N) is 2. The number of aliphatic hydroxyl groups is 1. The van der Waals surface area contributed by atoms with Crippen molar-refractivity contribution in [3.05, 3.63) is 47.8 Å². The van der Waals surface area contributed by atoms with Crippen LogP contribution in [0, 0.1) is 5.82 Å². The minimum absolute atomic E-state index is 0.298. The van der Waals surface area contributed by atoms with Crippen LogP contribution in [0.2, 0.25) is 0 Å². The third-order valence-corrected chi connectivity index (χ3v) is 3.58. The van der Waals surface area contributed by atoms with Gasteiger partial charge in [0.1, 0.15) is 17.7 Å². The molecule has 2 atom stereocenters. The Morgan fingerprint density at radius 1 is 1.50 bits per heavy atom. The van der Waals surface area contributed by atoms with Crippen LogP contribution >= 0.6 is 0 Å². The molecule has 0 fully saturated rings. The number of rotatable bonds is 3. The maximum absolute atomic E-state index is 13.3. The van der Waals surface area contributed by atoms with Crippen molar-refractivity contribution >= 4 is 0 Å². The molecule has 106 valence electrons. The number of hydrogen-bond donors (Lipinski definition) is 1. The average Bonchev–Trinajstić information content (AvgIpc) is 2.86. The molecule has 1 N–H and O–H groups in total. The molecule has 20 heavy (non-hydrogen) atoms. The number of aryl methyl sites for hydroxylation is 1. The molecule has 1 unspecified atom stereocenters. The van der Waals surface area contributed by atoms with E-state index in [9.17, 15) is 9.50 Å². The molecule has 0 saturated carbocycles. The molecule has 0 aliphatic carbocycles. The number of hydrogen-bond acceptors (Lipinski definition) is 3. The Balaban J connectivity index is 1.92. The van der Waals surface area contributed by atoms with E-state index < -0.39 is 6.10 Å². The van der Waals surface area contributed by atoms with Crippen LogP contribution in [0.3, 0.4) is 0 Å². The van der Waals surface area contributed by atoms with Crippen molar-refractivity contribution in [1.82, 2.24) is 9.55 Å². The standard InChI is InChI=1S/C15H17FN2O2/c1-2-5-18-9-17-8-12(18)15-7-13(19)11-4-3-10(16)6-14(11)20-15/h3-4,6,8-9,13,15,19H,2,5,7H2,1H3/t13-,15?/m0/s1. The lowest BCUT2D eigenvalue weighted by atomic mass is 9.97. The van der Waals surface area contributed by atoms with E-state index in [4.69, 9.17) is 4.74 Å². The van der Waals surface area contributed by atoms with Gasteiger partial charge in [-0.1, -0.05) is 6.92 Å². The Kier molecular flexibility index (Phi) is 3.44. The Labute approximate surface area is 116 Å². The van der Waals surface area contributed by atoms with Crippen molar-refractivity contribution in [1.29, 1.82) is 0 Å². The van der Waals surface area contributed by atoms with E-state index in [1.165, 1.54) is 12.1 Å². The van der Waals surface area contributed by atoms with Gasteiger partial charge in [-0.3, -0.25) is 0 Å². The summed E-state index contributed by atoms with van der Waals surface area (Å²) in [5, 5.41) is 10.2. The van der Waals surface area contributed by atoms with Gasteiger partial charge in [-0.2, -0.15) is 0 Å². The van der Waals surface area contributed by atoms with Gasteiger partial charge in [0, 0.05) is 24.6 Å². The minimum Gasteiger partial charge on any atom is -0.484 e. The van der Waals surface area contributed by atoms with Crippen LogP contribution in [0.15, 0.2) is 30.7 Å². The molecule has 0 amide bonds. The monoisotopic (exact) mass is 276 g/mol. The fraction of sp³-hybridized carbons (Fsp3) is 0.400. The Hall–Kier alpha value is -1.88. The highest BCUT2D eigenvalue weighted by atomic mass is 19.1. The number of aliphatic hydroxyl groups excluding tert-OH is 1. The zero-order valence-corrected chi connectivity index (χ0v) is 11.3. The van der Waals surface area contributed by atoms with Crippen LogP contribution < -0.4 is 4.74 Å². The summed E-state index contributed by atoms with van der Waals surface area (Å²) in [7, 11) is 0. The van der Waals surface area contributed by atoms with E-state index in [1.54, 1.807) is 18.6 Å². The number of imidazole rings is 1. The van der Waals surface area contributed by atoms with E-state index in [0.29, 0.717) is 17.7 Å². The second-order valence-electron chi connectivity index (χ2n) is 5.05. The summed E-state index contributed by atoms with van der Waals surface area (Å²) < 4.78 is 21.2. The molecule has 1 aromatic carbocycles. The van der Waals surface area contributed by atoms with Crippen molar-refractivity contribution in [2.24, 2.45) is 0 Å². The molecule has 4 nitrogen and oxygen atoms in total. The van der Waals surface area contributed by atoms with Gasteiger partial charge in [0.25, 0.3) is 0 Å². The van der Waals surface area contributed by atoms with Crippen LogP contribution in [0.4, 0.5) is 4.39 Å². The normalized spacial score (nSPS) is 21.4. The van der Waals surface area contributed by atoms with Gasteiger partial charge in [-0.05, 0) is 18.6 Å². The molecule has 2 heterocycles. The lowest BCUT2D eigenvalue weighted by Crippen LogP contribution is -2.21. The fourth-order valence-electron chi connectivity index (χ4n) is 2.62. The molecule has 1 aliphatic rings. The Morgan fingerprint density at radius 2 is 2.35 bits per heavy atom. The fourth-order valence-corrected chi connectivity index (χ4v) is 2.62. The van der Waals surface area contributed by atoms with Gasteiger partial charge in [0.15, 0.2) is 0 Å². The zero-order valence-electron chi connectivity index (χ0n) is 11.3. The molecular formula is C15H17FN2O2. The van der Waals surface area contributed by atoms with Gasteiger partial charge in [0.2, 0.25) is 0 Å². The summed E-state index contributed by atoms with van der Waals surface area (Å²) in [5.41, 5.74) is 1.56. The van der Waals surface area contributed by atoms with Crippen molar-refractivity contribution in [3.8, 4) is 5.75 Å². The Bertz CT molecular complexity index is 612. The largest absolute Gasteiger partial charge is 0.484 e. The number of fused-ring (bicyclic) bond motifs is 1. The van der Waals surface area contributed by atoms with Gasteiger partial charge in [-0.25, -0.2) is 9.37 Å². The summed E-state index contributed by atoms with van der Waals surface area (Å²) in [6.45, 7) is 2.94. The summed E-state index contributed by atoms with van der Waals surface area (Å²) in [6.07, 6.45) is 4.01. The van der Waals surface area contributed by atoms with Gasteiger partial charge >= 0.3 is 0 Å². The summed E-state index contributed by atoms with van der Waals surface area (Å²) in [6, 6.07) is 4.24. The number of ether oxygens (including phenoxy) is 1. The summed E-state index contributed by atoms with van der Waals surface area (Å²) >= 11 is 0. The van der Waals surface area contributed by atoms with Crippen LogP contribution in [-0.2, 0) is 6.54 Å². The maximum atomic E-state index is 13.3. The first-order chi connectivity index (χ1) is 9.69. The van der Waals surface area contributed by atoms with Crippen molar-refractivity contribution in [3.63, 3.8) is 0 Å². The maximum Gasteiger partial charge on any atom is 0.143 e. The molecular weight excluding hydrogens is 259 g/mol. The highest BCUT2D eigenvalue weighted by Crippen LogP contribution is 2.40. The minimum atomic E-state index is -0.644. The van der Waals surface area contributed by atoms with Gasteiger partial charge in [0.05, 0.1) is 24.3 Å². The van der Waals surface area contributed by atoms with Gasteiger partial charge in [-0.15, -0.1) is 0 Å². The molecule has 0 bridgehead atoms. The first-order valence-electron chi connectivity index (χ1n) is 6.83. The van der Waals surface area contributed by atoms with Crippen molar-refractivity contribution < 1.29 is 14.2 Å². The van der Waals surface area contributed by atoms with Crippen LogP contribution in [-0.4, -0.2) is 14.7 Å². The summed E-state index contributed by atoms with van der Waals surface area (Å²) in [5.74, 6) is 0.0525. The zero-order chi connectivity index (χ0) is 14.1. The highest BCUT2D eigenvalue weighted by molar-refractivity contribution is 5.38. The van der Waals surface area contributed by atoms with Crippen LogP contribution in [0.1, 0.15) is 43.2 Å². The first-order valence-corrected chi connectivity index (χ1v) is 6.83. The SMILES string of the molecule is CCCn1cncc1C1C[C@H](O)c2ccc(F)cc2O1. The second-order valence-corrected chi connectivity index (χ2v) is 5.05. The quantitative estimate of drug-likeness (QED) is 0.937. The van der Waals surface area contributed by atoms with Crippen molar-refractivity contribution in [2.45, 2.75) is 38.5 Å². The highest BCUT2D eigenvalue weighted by Gasteiger charge is 2.30. The Morgan fingerprint density at radius 3 is 3.15 bits per heavy atom. The van der Waals surface area contributed by atoms with Crippen LogP contribution in [0.5, 0.6) is 5.75 Å². The lowest BCUT2D eigenvalue weighted by Gasteiger charge is -2.30. The van der Waals surface area contributed by atoms with Gasteiger partial charge < -0.3 is 14.4 Å². The molecule has 1 aromatic heterocycles. The summed E-state index contributed by atoms with van der Waals surface area (Å²) in [4.78, 5) is 4.14. The number of benzene rings is 1. The molecule has 1 aliphatic heterocycles. The van der Waals surface area contributed by atoms with E-state index in [1.807, 2.05) is 4.57 Å². The molecule has 5 heteroatoms. The molecule has 2 aromatic rings. The predicted octanol–water partition coefficient (Wildman–Crippen LogP) is 2.99. The topological polar surface area (TPSA) is 47.3 Å². The average molecular weight is 276 g/mol. The predicted molar refractivity (Wildman–Crippen MR) is 71.9 cm³/mol. The van der Waals surface area contributed by atoms with E-state index >= 15 is 0 Å². The van der Waals surface area contributed by atoms with E-state index in [2.05, 4.69) is 11.9 Å². The molecule has 0 saturated heterocycles. The smallest absolute Gasteiger partial charge is 0.143 e. The third-order valence-electron chi connectivity index (χ3n) is 3.58. The number of aromatic nitrogens is 2. The lowest BCUT2D eigenvalue weighted by molar-refractivity contribution is 0.0614. The van der Waals surface area contributed by atoms with E-state index in [-0.39, 0.29) is 11.9 Å². The number of halogens is 1. The van der Waals surface area contributed by atoms with E-state index in [0.717, 1.165) is 18.7 Å². The third kappa shape index (κ3) is 2.29. The molecule has 0 spiro atoms. The molecule has 3 rings (SSSR count). The van der Waals surface area contributed by atoms with Crippen LogP contribution in [0.25, 0.3) is 0 Å². The van der Waals surface area contributed by atoms with Crippen molar-refractivity contribution in [2.75, 3.05) is 0 Å². The second kappa shape index (κ2) is 5.25. The molecule has 0 radical (unpaired) electrons.